The third kappa shape index (κ3) is 5.21. The van der Waals surface area contributed by atoms with Gasteiger partial charge in [0.05, 0.1) is 12.5 Å². The number of hydrogen-bond donors (Lipinski definition) is 2. The minimum atomic E-state index is -0.422. The van der Waals surface area contributed by atoms with E-state index >= 15 is 0 Å². The number of benzene rings is 1. The standard InChI is InChI=1S/C16H26N2O2.ClH/c1-4-16(5-2,12-17)15(19)18-10-9-13-7-6-8-14(11-13)20-3;/h6-8,11H,4-5,9-10,12,17H2,1-3H3,(H,18,19);1H. The maximum atomic E-state index is 12.3. The highest BCUT2D eigenvalue weighted by Gasteiger charge is 2.32. The molecule has 5 heteroatoms. The van der Waals surface area contributed by atoms with E-state index in [0.29, 0.717) is 13.1 Å². The third-order valence-electron chi connectivity index (χ3n) is 4.06. The molecule has 1 aromatic carbocycles. The number of nitrogens with two attached hydrogens (primary N) is 1. The summed E-state index contributed by atoms with van der Waals surface area (Å²) in [5, 5.41) is 3.00. The molecule has 0 aliphatic heterocycles. The lowest BCUT2D eigenvalue weighted by molar-refractivity contribution is -0.131. The second kappa shape index (κ2) is 9.64. The molecular formula is C16H27ClN2O2. The Morgan fingerprint density at radius 3 is 2.52 bits per heavy atom. The third-order valence-corrected chi connectivity index (χ3v) is 4.06. The molecule has 0 radical (unpaired) electrons. The summed E-state index contributed by atoms with van der Waals surface area (Å²) in [5.41, 5.74) is 6.50. The number of methoxy groups -OCH3 is 1. The minimum absolute atomic E-state index is 0. The van der Waals surface area contributed by atoms with E-state index in [-0.39, 0.29) is 18.3 Å². The van der Waals surface area contributed by atoms with Crippen LogP contribution in [0.1, 0.15) is 32.3 Å². The summed E-state index contributed by atoms with van der Waals surface area (Å²) in [6, 6.07) is 7.89. The molecule has 0 atom stereocenters. The molecule has 0 bridgehead atoms. The van der Waals surface area contributed by atoms with Crippen molar-refractivity contribution in [1.82, 2.24) is 5.32 Å². The number of amides is 1. The maximum Gasteiger partial charge on any atom is 0.227 e. The minimum Gasteiger partial charge on any atom is -0.497 e. The van der Waals surface area contributed by atoms with Gasteiger partial charge in [0.15, 0.2) is 0 Å². The molecule has 1 amide bonds. The van der Waals surface area contributed by atoms with E-state index in [0.717, 1.165) is 30.6 Å². The Morgan fingerprint density at radius 1 is 1.33 bits per heavy atom. The highest BCUT2D eigenvalue weighted by atomic mass is 35.5. The molecule has 0 aliphatic carbocycles. The molecule has 0 aliphatic rings. The molecule has 1 aromatic rings. The van der Waals surface area contributed by atoms with Crippen molar-refractivity contribution >= 4 is 18.3 Å². The van der Waals surface area contributed by atoms with Gasteiger partial charge in [-0.3, -0.25) is 4.79 Å². The van der Waals surface area contributed by atoms with Gasteiger partial charge in [-0.1, -0.05) is 26.0 Å². The molecule has 0 saturated heterocycles. The molecule has 0 fully saturated rings. The lowest BCUT2D eigenvalue weighted by Gasteiger charge is -2.28. The molecule has 0 saturated carbocycles. The van der Waals surface area contributed by atoms with Crippen molar-refractivity contribution in [3.05, 3.63) is 29.8 Å². The van der Waals surface area contributed by atoms with Gasteiger partial charge >= 0.3 is 0 Å². The van der Waals surface area contributed by atoms with Crippen molar-refractivity contribution in [2.24, 2.45) is 11.1 Å². The van der Waals surface area contributed by atoms with Crippen LogP contribution in [0.15, 0.2) is 24.3 Å². The molecule has 21 heavy (non-hydrogen) atoms. The first-order valence-electron chi connectivity index (χ1n) is 7.23. The molecule has 0 unspecified atom stereocenters. The van der Waals surface area contributed by atoms with Crippen molar-refractivity contribution in [2.75, 3.05) is 20.2 Å². The number of nitrogens with one attached hydrogen (secondary N) is 1. The fourth-order valence-corrected chi connectivity index (χ4v) is 2.29. The van der Waals surface area contributed by atoms with Crippen molar-refractivity contribution in [1.29, 1.82) is 0 Å². The average molecular weight is 315 g/mol. The predicted octanol–water partition coefficient (Wildman–Crippen LogP) is 2.54. The Kier molecular flexibility index (Phi) is 9.06. The Morgan fingerprint density at radius 2 is 2.00 bits per heavy atom. The highest BCUT2D eigenvalue weighted by Crippen LogP contribution is 2.24. The quantitative estimate of drug-likeness (QED) is 0.775. The fourth-order valence-electron chi connectivity index (χ4n) is 2.29. The number of ether oxygens (including phenoxy) is 1. The molecule has 0 heterocycles. The monoisotopic (exact) mass is 314 g/mol. The molecule has 1 rings (SSSR count). The largest absolute Gasteiger partial charge is 0.497 e. The van der Waals surface area contributed by atoms with Crippen LogP contribution < -0.4 is 15.8 Å². The van der Waals surface area contributed by atoms with Crippen LogP contribution in [0.5, 0.6) is 5.75 Å². The summed E-state index contributed by atoms with van der Waals surface area (Å²) in [6.45, 7) is 5.04. The second-order valence-corrected chi connectivity index (χ2v) is 5.05. The van der Waals surface area contributed by atoms with Gasteiger partial charge in [0.25, 0.3) is 0 Å². The SMILES string of the molecule is CCC(CC)(CN)C(=O)NCCc1cccc(OC)c1.Cl. The molecular weight excluding hydrogens is 288 g/mol. The van der Waals surface area contributed by atoms with E-state index in [4.69, 9.17) is 10.5 Å². The Balaban J connectivity index is 0.00000400. The van der Waals surface area contributed by atoms with Gasteiger partial charge < -0.3 is 15.8 Å². The normalized spacial score (nSPS) is 10.7. The number of rotatable bonds is 8. The fraction of sp³-hybridized carbons (Fsp3) is 0.562. The van der Waals surface area contributed by atoms with Gasteiger partial charge in [-0.25, -0.2) is 0 Å². The van der Waals surface area contributed by atoms with Gasteiger partial charge in [-0.2, -0.15) is 0 Å². The number of halogens is 1. The second-order valence-electron chi connectivity index (χ2n) is 5.05. The lowest BCUT2D eigenvalue weighted by atomic mass is 9.81. The summed E-state index contributed by atoms with van der Waals surface area (Å²) in [7, 11) is 1.65. The van der Waals surface area contributed by atoms with E-state index in [1.54, 1.807) is 7.11 Å². The van der Waals surface area contributed by atoms with E-state index in [9.17, 15) is 4.79 Å². The molecule has 0 aromatic heterocycles. The van der Waals surface area contributed by atoms with Gasteiger partial charge in [0.2, 0.25) is 5.91 Å². The van der Waals surface area contributed by atoms with Crippen LogP contribution in [0, 0.1) is 5.41 Å². The summed E-state index contributed by atoms with van der Waals surface area (Å²) in [6.07, 6.45) is 2.33. The Labute approximate surface area is 133 Å². The highest BCUT2D eigenvalue weighted by molar-refractivity contribution is 5.85. The average Bonchev–Trinajstić information content (AvgIpc) is 2.50. The van der Waals surface area contributed by atoms with Gasteiger partial charge in [0, 0.05) is 13.1 Å². The van der Waals surface area contributed by atoms with Crippen molar-refractivity contribution in [3.63, 3.8) is 0 Å². The van der Waals surface area contributed by atoms with Crippen LogP contribution in [-0.2, 0) is 11.2 Å². The van der Waals surface area contributed by atoms with Crippen molar-refractivity contribution in [3.8, 4) is 5.75 Å². The number of carbonyl (C=O) groups excluding carboxylic acids is 1. The van der Waals surface area contributed by atoms with Gasteiger partial charge in [0.1, 0.15) is 5.75 Å². The molecule has 120 valence electrons. The van der Waals surface area contributed by atoms with Crippen LogP contribution in [0.25, 0.3) is 0 Å². The van der Waals surface area contributed by atoms with Crippen LogP contribution in [-0.4, -0.2) is 26.1 Å². The molecule has 4 nitrogen and oxygen atoms in total. The summed E-state index contributed by atoms with van der Waals surface area (Å²) < 4.78 is 5.18. The van der Waals surface area contributed by atoms with E-state index in [1.165, 1.54) is 0 Å². The Bertz CT molecular complexity index is 426. The zero-order valence-corrected chi connectivity index (χ0v) is 14.0. The van der Waals surface area contributed by atoms with Crippen LogP contribution in [0.4, 0.5) is 0 Å². The van der Waals surface area contributed by atoms with E-state index < -0.39 is 5.41 Å². The first-order valence-corrected chi connectivity index (χ1v) is 7.23. The molecule has 3 N–H and O–H groups in total. The lowest BCUT2D eigenvalue weighted by Crippen LogP contribution is -2.45. The zero-order chi connectivity index (χ0) is 15.0. The van der Waals surface area contributed by atoms with Gasteiger partial charge in [-0.05, 0) is 37.0 Å². The first kappa shape index (κ1) is 19.7. The van der Waals surface area contributed by atoms with Gasteiger partial charge in [-0.15, -0.1) is 12.4 Å². The number of hydrogen-bond acceptors (Lipinski definition) is 3. The summed E-state index contributed by atoms with van der Waals surface area (Å²) in [4.78, 5) is 12.3. The summed E-state index contributed by atoms with van der Waals surface area (Å²) >= 11 is 0. The number of carbonyl (C=O) groups is 1. The van der Waals surface area contributed by atoms with Crippen molar-refractivity contribution in [2.45, 2.75) is 33.1 Å². The van der Waals surface area contributed by atoms with Crippen LogP contribution in [0.3, 0.4) is 0 Å². The Hall–Kier alpha value is -1.26. The topological polar surface area (TPSA) is 64.4 Å². The predicted molar refractivity (Wildman–Crippen MR) is 89.0 cm³/mol. The van der Waals surface area contributed by atoms with Crippen molar-refractivity contribution < 1.29 is 9.53 Å². The zero-order valence-electron chi connectivity index (χ0n) is 13.1. The van der Waals surface area contributed by atoms with E-state index in [1.807, 2.05) is 38.1 Å². The first-order chi connectivity index (χ1) is 9.61. The summed E-state index contributed by atoms with van der Waals surface area (Å²) in [5.74, 6) is 0.903. The van der Waals surface area contributed by atoms with E-state index in [2.05, 4.69) is 5.32 Å². The maximum absolute atomic E-state index is 12.3. The smallest absolute Gasteiger partial charge is 0.227 e. The van der Waals surface area contributed by atoms with Crippen LogP contribution in [0.2, 0.25) is 0 Å². The molecule has 0 spiro atoms. The van der Waals surface area contributed by atoms with Crippen LogP contribution >= 0.6 is 12.4 Å².